The molecule has 0 saturated carbocycles. The zero-order chi connectivity index (χ0) is 12.6. The average molecular weight is 241 g/mol. The fraction of sp³-hybridized carbons (Fsp3) is 0.154. The molecule has 0 aliphatic carbocycles. The minimum atomic E-state index is -1.39. The third-order valence-corrected chi connectivity index (χ3v) is 3.07. The van der Waals surface area contributed by atoms with Gasteiger partial charge in [-0.1, -0.05) is 0 Å². The Morgan fingerprint density at radius 3 is 2.67 bits per heavy atom. The SMILES string of the molecule is O=C1NC(O)(c2ccncc2)Cc2cnccc21. The average Bonchev–Trinajstić information content (AvgIpc) is 2.40. The highest BCUT2D eigenvalue weighted by Gasteiger charge is 2.37. The largest absolute Gasteiger partial charge is 0.366 e. The number of nitrogens with zero attached hydrogens (tertiary/aromatic N) is 2. The molecule has 2 aromatic heterocycles. The van der Waals surface area contributed by atoms with Crippen LogP contribution in [0.4, 0.5) is 0 Å². The van der Waals surface area contributed by atoms with Crippen LogP contribution in [-0.2, 0) is 12.1 Å². The van der Waals surface area contributed by atoms with Gasteiger partial charge in [0.1, 0.15) is 0 Å². The molecule has 0 saturated heterocycles. The van der Waals surface area contributed by atoms with Gasteiger partial charge < -0.3 is 10.4 Å². The zero-order valence-corrected chi connectivity index (χ0v) is 9.50. The van der Waals surface area contributed by atoms with Gasteiger partial charge in [-0.15, -0.1) is 0 Å². The van der Waals surface area contributed by atoms with Gasteiger partial charge in [-0.3, -0.25) is 14.8 Å². The number of nitrogens with one attached hydrogen (secondary N) is 1. The fourth-order valence-electron chi connectivity index (χ4n) is 2.17. The number of aromatic nitrogens is 2. The lowest BCUT2D eigenvalue weighted by Crippen LogP contribution is -2.51. The van der Waals surface area contributed by atoms with Gasteiger partial charge in [0.05, 0.1) is 0 Å². The first-order valence-corrected chi connectivity index (χ1v) is 5.57. The van der Waals surface area contributed by atoms with Crippen LogP contribution in [0.15, 0.2) is 43.0 Å². The molecule has 3 rings (SSSR count). The highest BCUT2D eigenvalue weighted by atomic mass is 16.3. The highest BCUT2D eigenvalue weighted by molar-refractivity contribution is 5.97. The van der Waals surface area contributed by atoms with E-state index in [4.69, 9.17) is 0 Å². The summed E-state index contributed by atoms with van der Waals surface area (Å²) in [6, 6.07) is 5.01. The van der Waals surface area contributed by atoms with Gasteiger partial charge in [0.15, 0.2) is 5.72 Å². The Bertz CT molecular complexity index is 600. The summed E-state index contributed by atoms with van der Waals surface area (Å²) >= 11 is 0. The smallest absolute Gasteiger partial charge is 0.254 e. The maximum absolute atomic E-state index is 12.0. The second-order valence-corrected chi connectivity index (χ2v) is 4.26. The van der Waals surface area contributed by atoms with Gasteiger partial charge in [0.25, 0.3) is 5.91 Å². The van der Waals surface area contributed by atoms with Crippen LogP contribution in [-0.4, -0.2) is 21.0 Å². The lowest BCUT2D eigenvalue weighted by molar-refractivity contribution is -0.00128. The fourth-order valence-corrected chi connectivity index (χ4v) is 2.17. The Labute approximate surface area is 104 Å². The predicted octanol–water partition coefficient (Wildman–Crippen LogP) is 0.608. The molecule has 1 unspecified atom stereocenters. The monoisotopic (exact) mass is 241 g/mol. The molecule has 5 heteroatoms. The minimum absolute atomic E-state index is 0.294. The molecule has 2 N–H and O–H groups in total. The lowest BCUT2D eigenvalue weighted by atomic mass is 9.90. The Morgan fingerprint density at radius 2 is 1.89 bits per heavy atom. The van der Waals surface area contributed by atoms with Crippen LogP contribution in [0.2, 0.25) is 0 Å². The van der Waals surface area contributed by atoms with Crippen molar-refractivity contribution in [2.45, 2.75) is 12.1 Å². The highest BCUT2D eigenvalue weighted by Crippen LogP contribution is 2.28. The molecule has 0 spiro atoms. The van der Waals surface area contributed by atoms with Crippen LogP contribution in [0.1, 0.15) is 21.5 Å². The number of rotatable bonds is 1. The van der Waals surface area contributed by atoms with Gasteiger partial charge in [-0.25, -0.2) is 0 Å². The van der Waals surface area contributed by atoms with E-state index < -0.39 is 5.72 Å². The summed E-state index contributed by atoms with van der Waals surface area (Å²) in [5.41, 5.74) is 0.514. The first-order chi connectivity index (χ1) is 8.69. The Balaban J connectivity index is 2.06. The van der Waals surface area contributed by atoms with Crippen molar-refractivity contribution >= 4 is 5.91 Å². The van der Waals surface area contributed by atoms with Gasteiger partial charge in [0, 0.05) is 42.3 Å². The molecule has 90 valence electrons. The third kappa shape index (κ3) is 1.65. The number of pyridine rings is 2. The maximum Gasteiger partial charge on any atom is 0.254 e. The molecular formula is C13H11N3O2. The van der Waals surface area contributed by atoms with E-state index in [1.54, 1.807) is 43.0 Å². The Morgan fingerprint density at radius 1 is 1.17 bits per heavy atom. The van der Waals surface area contributed by atoms with Crippen molar-refractivity contribution < 1.29 is 9.90 Å². The van der Waals surface area contributed by atoms with Crippen LogP contribution < -0.4 is 5.32 Å². The number of hydrogen-bond donors (Lipinski definition) is 2. The van der Waals surface area contributed by atoms with Crippen LogP contribution in [0.5, 0.6) is 0 Å². The van der Waals surface area contributed by atoms with Crippen LogP contribution in [0.25, 0.3) is 0 Å². The Kier molecular flexibility index (Phi) is 2.34. The van der Waals surface area contributed by atoms with Crippen molar-refractivity contribution in [1.82, 2.24) is 15.3 Å². The first-order valence-electron chi connectivity index (χ1n) is 5.57. The maximum atomic E-state index is 12.0. The lowest BCUT2D eigenvalue weighted by Gasteiger charge is -2.34. The number of hydrogen-bond acceptors (Lipinski definition) is 4. The molecular weight excluding hydrogens is 230 g/mol. The van der Waals surface area contributed by atoms with E-state index in [-0.39, 0.29) is 5.91 Å². The molecule has 1 atom stereocenters. The number of fused-ring (bicyclic) bond motifs is 1. The normalized spacial score (nSPS) is 22.2. The van der Waals surface area contributed by atoms with Crippen LogP contribution >= 0.6 is 0 Å². The quantitative estimate of drug-likeness (QED) is 0.767. The summed E-state index contributed by atoms with van der Waals surface area (Å²) in [6.45, 7) is 0. The molecule has 5 nitrogen and oxygen atoms in total. The number of carbonyl (C=O) groups is 1. The van der Waals surface area contributed by atoms with Crippen LogP contribution in [0, 0.1) is 0 Å². The molecule has 18 heavy (non-hydrogen) atoms. The molecule has 1 amide bonds. The summed E-state index contributed by atoms with van der Waals surface area (Å²) in [4.78, 5) is 19.8. The number of amides is 1. The van der Waals surface area contributed by atoms with Crippen molar-refractivity contribution in [3.63, 3.8) is 0 Å². The molecule has 2 aromatic rings. The van der Waals surface area contributed by atoms with E-state index in [9.17, 15) is 9.90 Å². The number of carbonyl (C=O) groups excluding carboxylic acids is 1. The second-order valence-electron chi connectivity index (χ2n) is 4.26. The molecule has 0 radical (unpaired) electrons. The van der Waals surface area contributed by atoms with E-state index >= 15 is 0 Å². The summed E-state index contributed by atoms with van der Waals surface area (Å²) in [6.07, 6.45) is 6.64. The first kappa shape index (κ1) is 10.9. The van der Waals surface area contributed by atoms with E-state index in [0.717, 1.165) is 5.56 Å². The van der Waals surface area contributed by atoms with Crippen molar-refractivity contribution in [1.29, 1.82) is 0 Å². The topological polar surface area (TPSA) is 75.1 Å². The molecule has 1 aliphatic rings. The van der Waals surface area contributed by atoms with Crippen molar-refractivity contribution in [3.05, 3.63) is 59.7 Å². The zero-order valence-electron chi connectivity index (χ0n) is 9.50. The van der Waals surface area contributed by atoms with Gasteiger partial charge in [-0.05, 0) is 23.8 Å². The molecule has 1 aliphatic heterocycles. The van der Waals surface area contributed by atoms with Crippen LogP contribution in [0.3, 0.4) is 0 Å². The molecule has 0 fully saturated rings. The Hall–Kier alpha value is -2.27. The standard InChI is InChI=1S/C13H11N3O2/c17-12-11-3-6-15-8-9(11)7-13(18,16-12)10-1-4-14-5-2-10/h1-6,8,18H,7H2,(H,16,17). The summed E-state index contributed by atoms with van der Waals surface area (Å²) in [5, 5.41) is 13.2. The van der Waals surface area contributed by atoms with Gasteiger partial charge in [0.2, 0.25) is 0 Å². The molecule has 3 heterocycles. The van der Waals surface area contributed by atoms with E-state index in [2.05, 4.69) is 15.3 Å². The van der Waals surface area contributed by atoms with Crippen molar-refractivity contribution in [3.8, 4) is 0 Å². The third-order valence-electron chi connectivity index (χ3n) is 3.07. The number of aliphatic hydroxyl groups is 1. The van der Waals surface area contributed by atoms with Crippen molar-refractivity contribution in [2.24, 2.45) is 0 Å². The predicted molar refractivity (Wildman–Crippen MR) is 63.5 cm³/mol. The van der Waals surface area contributed by atoms with Crippen molar-refractivity contribution in [2.75, 3.05) is 0 Å². The van der Waals surface area contributed by atoms with E-state index in [1.165, 1.54) is 0 Å². The molecule has 0 bridgehead atoms. The second kappa shape index (κ2) is 3.89. The summed E-state index contributed by atoms with van der Waals surface area (Å²) in [5.74, 6) is -0.294. The van der Waals surface area contributed by atoms with E-state index in [0.29, 0.717) is 17.5 Å². The summed E-state index contributed by atoms with van der Waals surface area (Å²) < 4.78 is 0. The molecule has 0 aromatic carbocycles. The van der Waals surface area contributed by atoms with Gasteiger partial charge in [-0.2, -0.15) is 0 Å². The minimum Gasteiger partial charge on any atom is -0.366 e. The summed E-state index contributed by atoms with van der Waals surface area (Å²) in [7, 11) is 0. The van der Waals surface area contributed by atoms with E-state index in [1.807, 2.05) is 0 Å². The van der Waals surface area contributed by atoms with Gasteiger partial charge >= 0.3 is 0 Å².